The first kappa shape index (κ1) is 23.6. The normalized spacial score (nSPS) is 12.7. The van der Waals surface area contributed by atoms with Gasteiger partial charge in [-0.3, -0.25) is 9.36 Å². The van der Waals surface area contributed by atoms with Crippen molar-refractivity contribution in [3.63, 3.8) is 0 Å². The molecule has 5 nitrogen and oxygen atoms in total. The van der Waals surface area contributed by atoms with Gasteiger partial charge in [-0.05, 0) is 54.4 Å². The molecule has 0 bridgehead atoms. The summed E-state index contributed by atoms with van der Waals surface area (Å²) in [6, 6.07) is 22.1. The van der Waals surface area contributed by atoms with Crippen molar-refractivity contribution in [2.24, 2.45) is 0 Å². The number of carbonyl (C=O) groups is 1. The molecule has 1 aliphatic heterocycles. The number of ether oxygens (including phenoxy) is 1. The molecule has 5 rings (SSSR count). The van der Waals surface area contributed by atoms with E-state index < -0.39 is 6.61 Å². The van der Waals surface area contributed by atoms with Crippen LogP contribution in [0, 0.1) is 0 Å². The second-order valence-corrected chi connectivity index (χ2v) is 9.71. The van der Waals surface area contributed by atoms with E-state index in [4.69, 9.17) is 0 Å². The Kier molecular flexibility index (Phi) is 6.88. The van der Waals surface area contributed by atoms with Gasteiger partial charge in [0.2, 0.25) is 5.91 Å². The number of carbonyl (C=O) groups excluding carboxylic acids is 1. The molecule has 2 heterocycles. The summed E-state index contributed by atoms with van der Waals surface area (Å²) in [6.45, 7) is -2.22. The summed E-state index contributed by atoms with van der Waals surface area (Å²) in [5.41, 5.74) is 4.62. The van der Waals surface area contributed by atoms with Crippen molar-refractivity contribution in [1.29, 1.82) is 0 Å². The predicted molar refractivity (Wildman–Crippen MR) is 137 cm³/mol. The number of anilines is 1. The number of nitrogens with zero attached hydrogens (tertiary/aromatic N) is 3. The van der Waals surface area contributed by atoms with Crippen molar-refractivity contribution >= 4 is 39.3 Å². The van der Waals surface area contributed by atoms with E-state index >= 15 is 0 Å². The first-order valence-electron chi connectivity index (χ1n) is 10.9. The van der Waals surface area contributed by atoms with Gasteiger partial charge in [-0.25, -0.2) is 4.98 Å². The molecule has 0 saturated carbocycles. The molecule has 0 unspecified atom stereocenters. The van der Waals surface area contributed by atoms with Crippen molar-refractivity contribution < 1.29 is 18.3 Å². The second-order valence-electron chi connectivity index (χ2n) is 7.85. The van der Waals surface area contributed by atoms with Crippen LogP contribution in [-0.2, 0) is 11.2 Å². The zero-order valence-corrected chi connectivity index (χ0v) is 20.8. The van der Waals surface area contributed by atoms with Gasteiger partial charge in [0.15, 0.2) is 5.16 Å². The Labute approximate surface area is 213 Å². The van der Waals surface area contributed by atoms with Crippen molar-refractivity contribution in [2.75, 3.05) is 17.2 Å². The number of thioether (sulfide) groups is 1. The van der Waals surface area contributed by atoms with E-state index in [0.29, 0.717) is 11.7 Å². The van der Waals surface area contributed by atoms with Crippen LogP contribution in [0.15, 0.2) is 88.6 Å². The van der Waals surface area contributed by atoms with Crippen LogP contribution in [0.3, 0.4) is 0 Å². The highest BCUT2D eigenvalue weighted by atomic mass is 79.9. The van der Waals surface area contributed by atoms with Gasteiger partial charge >= 0.3 is 6.61 Å². The molecule has 0 N–H and O–H groups in total. The Balaban J connectivity index is 1.43. The number of halogens is 3. The zero-order valence-electron chi connectivity index (χ0n) is 18.4. The lowest BCUT2D eigenvalue weighted by atomic mass is 10.1. The maximum absolute atomic E-state index is 13.1. The number of rotatable bonds is 7. The van der Waals surface area contributed by atoms with Crippen LogP contribution in [0.1, 0.15) is 5.56 Å². The van der Waals surface area contributed by atoms with Crippen molar-refractivity contribution in [3.05, 3.63) is 89.0 Å². The quantitative estimate of drug-likeness (QED) is 0.241. The molecule has 9 heteroatoms. The summed E-state index contributed by atoms with van der Waals surface area (Å²) < 4.78 is 32.5. The van der Waals surface area contributed by atoms with Crippen LogP contribution < -0.4 is 9.64 Å². The van der Waals surface area contributed by atoms with Gasteiger partial charge in [-0.2, -0.15) is 8.78 Å². The van der Waals surface area contributed by atoms with Crippen LogP contribution in [-0.4, -0.2) is 34.4 Å². The third-order valence-electron chi connectivity index (χ3n) is 5.70. The number of alkyl halides is 2. The van der Waals surface area contributed by atoms with E-state index in [1.54, 1.807) is 18.3 Å². The maximum atomic E-state index is 13.1. The molecule has 0 spiro atoms. The Morgan fingerprint density at radius 3 is 2.54 bits per heavy atom. The summed E-state index contributed by atoms with van der Waals surface area (Å²) >= 11 is 4.80. The highest BCUT2D eigenvalue weighted by Gasteiger charge is 2.25. The van der Waals surface area contributed by atoms with E-state index in [2.05, 4.69) is 25.7 Å². The molecule has 1 aromatic heterocycles. The summed E-state index contributed by atoms with van der Waals surface area (Å²) in [4.78, 5) is 19.5. The van der Waals surface area contributed by atoms with Crippen LogP contribution >= 0.6 is 27.7 Å². The fourth-order valence-corrected chi connectivity index (χ4v) is 5.22. The molecular formula is C26H20BrF2N3O2S. The van der Waals surface area contributed by atoms with E-state index in [1.165, 1.54) is 29.5 Å². The molecule has 0 atom stereocenters. The molecule has 3 aromatic carbocycles. The summed E-state index contributed by atoms with van der Waals surface area (Å²) in [5, 5.41) is 0.631. The summed E-state index contributed by atoms with van der Waals surface area (Å²) in [7, 11) is 0. The lowest BCUT2D eigenvalue weighted by Crippen LogP contribution is -2.30. The van der Waals surface area contributed by atoms with Gasteiger partial charge in [0, 0.05) is 28.0 Å². The molecule has 0 aliphatic carbocycles. The third kappa shape index (κ3) is 5.11. The molecule has 0 radical (unpaired) electrons. The number of hydrogen-bond acceptors (Lipinski definition) is 4. The van der Waals surface area contributed by atoms with E-state index in [0.717, 1.165) is 33.5 Å². The average Bonchev–Trinajstić information content (AvgIpc) is 3.48. The number of imidazole rings is 1. The molecule has 4 aromatic rings. The van der Waals surface area contributed by atoms with Crippen LogP contribution in [0.25, 0.3) is 16.9 Å². The number of hydrogen-bond donors (Lipinski definition) is 0. The lowest BCUT2D eigenvalue weighted by Gasteiger charge is -2.17. The van der Waals surface area contributed by atoms with Crippen molar-refractivity contribution in [2.45, 2.75) is 18.2 Å². The average molecular weight is 556 g/mol. The van der Waals surface area contributed by atoms with E-state index in [-0.39, 0.29) is 17.4 Å². The number of aromatic nitrogens is 2. The highest BCUT2D eigenvalue weighted by Crippen LogP contribution is 2.33. The Hall–Kier alpha value is -3.17. The molecule has 0 fully saturated rings. The number of benzene rings is 3. The number of amides is 1. The Morgan fingerprint density at radius 2 is 1.80 bits per heavy atom. The first-order chi connectivity index (χ1) is 17.0. The zero-order chi connectivity index (χ0) is 24.4. The molecule has 0 saturated heterocycles. The molecule has 35 heavy (non-hydrogen) atoms. The van der Waals surface area contributed by atoms with Gasteiger partial charge in [0.25, 0.3) is 0 Å². The Morgan fingerprint density at radius 1 is 1.06 bits per heavy atom. The van der Waals surface area contributed by atoms with Gasteiger partial charge in [0.1, 0.15) is 5.75 Å². The minimum atomic E-state index is -2.89. The molecule has 1 amide bonds. The Bertz CT molecular complexity index is 1340. The SMILES string of the molecule is O=C(CSc1ncc(-c2ccc(Br)cc2)n1-c1ccc(OC(F)F)cc1)N1CCc2ccccc21. The van der Waals surface area contributed by atoms with E-state index in [9.17, 15) is 13.6 Å². The number of para-hydroxylation sites is 1. The third-order valence-corrected chi connectivity index (χ3v) is 7.17. The first-order valence-corrected chi connectivity index (χ1v) is 12.7. The molecular weight excluding hydrogens is 536 g/mol. The summed E-state index contributed by atoms with van der Waals surface area (Å²) in [5.74, 6) is 0.309. The van der Waals surface area contributed by atoms with Crippen LogP contribution in [0.4, 0.5) is 14.5 Å². The van der Waals surface area contributed by atoms with Gasteiger partial charge in [0.05, 0.1) is 17.6 Å². The van der Waals surface area contributed by atoms with Crippen molar-refractivity contribution in [3.8, 4) is 22.7 Å². The van der Waals surface area contributed by atoms with Crippen LogP contribution in [0.2, 0.25) is 0 Å². The van der Waals surface area contributed by atoms with Gasteiger partial charge in [-0.1, -0.05) is 58.0 Å². The summed E-state index contributed by atoms with van der Waals surface area (Å²) in [6.07, 6.45) is 2.60. The predicted octanol–water partition coefficient (Wildman–Crippen LogP) is 6.58. The molecule has 178 valence electrons. The second kappa shape index (κ2) is 10.2. The minimum absolute atomic E-state index is 0.0142. The van der Waals surface area contributed by atoms with E-state index in [1.807, 2.05) is 58.0 Å². The standard InChI is InChI=1S/C26H20BrF2N3O2S/c27-19-7-5-18(6-8-19)23-15-30-26(32(23)20-9-11-21(12-10-20)34-25(28)29)35-16-24(33)31-14-13-17-3-1-2-4-22(17)31/h1-12,15,25H,13-14,16H2. The monoisotopic (exact) mass is 555 g/mol. The van der Waals surface area contributed by atoms with Gasteiger partial charge < -0.3 is 9.64 Å². The highest BCUT2D eigenvalue weighted by molar-refractivity contribution is 9.10. The van der Waals surface area contributed by atoms with Gasteiger partial charge in [-0.15, -0.1) is 0 Å². The maximum Gasteiger partial charge on any atom is 0.387 e. The van der Waals surface area contributed by atoms with Crippen molar-refractivity contribution in [1.82, 2.24) is 9.55 Å². The smallest absolute Gasteiger partial charge is 0.387 e. The van der Waals surface area contributed by atoms with Crippen LogP contribution in [0.5, 0.6) is 5.75 Å². The number of fused-ring (bicyclic) bond motifs is 1. The molecule has 1 aliphatic rings. The minimum Gasteiger partial charge on any atom is -0.435 e. The fraction of sp³-hybridized carbons (Fsp3) is 0.154. The lowest BCUT2D eigenvalue weighted by molar-refractivity contribution is -0.116. The fourth-order valence-electron chi connectivity index (χ4n) is 4.09. The topological polar surface area (TPSA) is 47.4 Å². The largest absolute Gasteiger partial charge is 0.435 e.